The summed E-state index contributed by atoms with van der Waals surface area (Å²) in [5, 5.41) is 1.27. The Morgan fingerprint density at radius 1 is 1.18 bits per heavy atom. The van der Waals surface area contributed by atoms with Gasteiger partial charge in [0.2, 0.25) is 0 Å². The van der Waals surface area contributed by atoms with Gasteiger partial charge in [-0.2, -0.15) is 0 Å². The molecule has 2 aliphatic rings. The molecule has 4 heterocycles. The fourth-order valence-electron chi connectivity index (χ4n) is 5.12. The Morgan fingerprint density at radius 3 is 2.64 bits per heavy atom. The van der Waals surface area contributed by atoms with Crippen LogP contribution in [0.2, 0.25) is 0 Å². The van der Waals surface area contributed by atoms with Crippen molar-refractivity contribution in [2.45, 2.75) is 53.4 Å². The van der Waals surface area contributed by atoms with Crippen LogP contribution in [0.25, 0.3) is 10.2 Å². The fourth-order valence-corrected chi connectivity index (χ4v) is 6.43. The van der Waals surface area contributed by atoms with Gasteiger partial charge in [-0.25, -0.2) is 9.97 Å². The summed E-state index contributed by atoms with van der Waals surface area (Å²) in [6.45, 7) is 12.2. The number of carbonyl (C=O) groups is 1. The Bertz CT molecular complexity index is 1160. The van der Waals surface area contributed by atoms with E-state index in [1.165, 1.54) is 22.2 Å². The van der Waals surface area contributed by atoms with Gasteiger partial charge in [-0.05, 0) is 48.3 Å². The smallest absolute Gasteiger partial charge is 0.255 e. The summed E-state index contributed by atoms with van der Waals surface area (Å²) < 4.78 is 0. The second kappa shape index (κ2) is 8.67. The molecule has 0 spiro atoms. The van der Waals surface area contributed by atoms with E-state index in [-0.39, 0.29) is 5.91 Å². The van der Waals surface area contributed by atoms with Crippen LogP contribution in [0.1, 0.15) is 60.7 Å². The van der Waals surface area contributed by atoms with E-state index in [4.69, 9.17) is 9.97 Å². The topological polar surface area (TPSA) is 62.2 Å². The molecule has 0 N–H and O–H groups in total. The van der Waals surface area contributed by atoms with Crippen molar-refractivity contribution in [3.63, 3.8) is 0 Å². The monoisotopic (exact) mass is 463 g/mol. The first-order valence-corrected chi connectivity index (χ1v) is 12.9. The zero-order valence-corrected chi connectivity index (χ0v) is 20.9. The van der Waals surface area contributed by atoms with Crippen LogP contribution in [0.3, 0.4) is 0 Å². The van der Waals surface area contributed by atoms with Crippen molar-refractivity contribution in [3.8, 4) is 0 Å². The summed E-state index contributed by atoms with van der Waals surface area (Å²) >= 11 is 1.88. The average Bonchev–Trinajstić information content (AvgIpc) is 3.21. The van der Waals surface area contributed by atoms with E-state index < -0.39 is 0 Å². The maximum absolute atomic E-state index is 12.9. The number of hydrogen-bond acceptors (Lipinski definition) is 6. The van der Waals surface area contributed by atoms with Crippen LogP contribution in [0.5, 0.6) is 0 Å². The normalized spacial score (nSPS) is 19.1. The lowest BCUT2D eigenvalue weighted by Crippen LogP contribution is -2.49. The summed E-state index contributed by atoms with van der Waals surface area (Å²) in [5.41, 5.74) is 2.46. The Kier molecular flexibility index (Phi) is 5.85. The van der Waals surface area contributed by atoms with Crippen LogP contribution < -0.4 is 4.90 Å². The van der Waals surface area contributed by atoms with Gasteiger partial charge < -0.3 is 9.80 Å². The minimum Gasteiger partial charge on any atom is -0.352 e. The van der Waals surface area contributed by atoms with Crippen LogP contribution in [-0.2, 0) is 19.3 Å². The SMILES string of the molecule is CCc1nc(N2CCN(C(=O)c3cccnc3)CC2)c2c3c(sc2n1)C[C@H](C(C)(C)C)CC3. The van der Waals surface area contributed by atoms with Crippen molar-refractivity contribution in [1.82, 2.24) is 19.9 Å². The third-order valence-electron chi connectivity index (χ3n) is 7.25. The second-order valence-corrected chi connectivity index (χ2v) is 11.4. The van der Waals surface area contributed by atoms with Crippen molar-refractivity contribution in [1.29, 1.82) is 0 Å². The molecule has 0 saturated carbocycles. The number of pyridine rings is 1. The van der Waals surface area contributed by atoms with Crippen molar-refractivity contribution in [2.75, 3.05) is 31.1 Å². The van der Waals surface area contributed by atoms with Gasteiger partial charge >= 0.3 is 0 Å². The van der Waals surface area contributed by atoms with Gasteiger partial charge in [-0.1, -0.05) is 27.7 Å². The Balaban J connectivity index is 1.43. The summed E-state index contributed by atoms with van der Waals surface area (Å²) in [4.78, 5) is 33.9. The second-order valence-electron chi connectivity index (χ2n) is 10.3. The Hall–Kier alpha value is -2.54. The molecule has 3 aromatic heterocycles. The number of amides is 1. The maximum Gasteiger partial charge on any atom is 0.255 e. The molecule has 1 fully saturated rings. The third-order valence-corrected chi connectivity index (χ3v) is 8.40. The van der Waals surface area contributed by atoms with E-state index in [2.05, 4.69) is 37.6 Å². The number of aromatic nitrogens is 3. The first-order valence-electron chi connectivity index (χ1n) is 12.1. The lowest BCUT2D eigenvalue weighted by Gasteiger charge is -2.36. The highest BCUT2D eigenvalue weighted by molar-refractivity contribution is 7.19. The van der Waals surface area contributed by atoms with Crippen molar-refractivity contribution in [2.24, 2.45) is 11.3 Å². The largest absolute Gasteiger partial charge is 0.352 e. The molecule has 0 aromatic carbocycles. The first kappa shape index (κ1) is 22.3. The summed E-state index contributed by atoms with van der Waals surface area (Å²) in [7, 11) is 0. The van der Waals surface area contributed by atoms with E-state index in [0.29, 0.717) is 30.0 Å². The minimum atomic E-state index is 0.0611. The summed E-state index contributed by atoms with van der Waals surface area (Å²) in [6, 6.07) is 3.66. The molecule has 1 saturated heterocycles. The molecule has 1 amide bonds. The number of hydrogen-bond donors (Lipinski definition) is 0. The highest BCUT2D eigenvalue weighted by Crippen LogP contribution is 2.45. The van der Waals surface area contributed by atoms with Gasteiger partial charge in [-0.3, -0.25) is 9.78 Å². The van der Waals surface area contributed by atoms with E-state index in [1.807, 2.05) is 28.4 Å². The molecule has 7 heteroatoms. The molecular formula is C26H33N5OS. The van der Waals surface area contributed by atoms with Crippen LogP contribution in [-0.4, -0.2) is 51.9 Å². The molecule has 174 valence electrons. The van der Waals surface area contributed by atoms with Gasteiger partial charge in [0, 0.05) is 49.9 Å². The van der Waals surface area contributed by atoms with Gasteiger partial charge in [-0.15, -0.1) is 11.3 Å². The molecule has 6 nitrogen and oxygen atoms in total. The average molecular weight is 464 g/mol. The standard InChI is InChI=1S/C26H33N5OS/c1-5-21-28-23(30-11-13-31(14-12-30)25(32)17-7-6-10-27-16-17)22-19-9-8-18(26(2,3)4)15-20(19)33-24(22)29-21/h6-7,10,16,18H,5,8-9,11-15H2,1-4H3/t18-/m1/s1. The predicted molar refractivity (Wildman–Crippen MR) is 134 cm³/mol. The molecule has 1 aliphatic carbocycles. The molecule has 5 rings (SSSR count). The van der Waals surface area contributed by atoms with Crippen LogP contribution in [0.15, 0.2) is 24.5 Å². The van der Waals surface area contributed by atoms with E-state index in [9.17, 15) is 4.79 Å². The van der Waals surface area contributed by atoms with Crippen molar-refractivity contribution < 1.29 is 4.79 Å². The molecular weight excluding hydrogens is 430 g/mol. The molecule has 0 unspecified atom stereocenters. The highest BCUT2D eigenvalue weighted by atomic mass is 32.1. The zero-order valence-electron chi connectivity index (χ0n) is 20.1. The number of rotatable bonds is 3. The van der Waals surface area contributed by atoms with Crippen molar-refractivity contribution >= 4 is 33.3 Å². The van der Waals surface area contributed by atoms with E-state index >= 15 is 0 Å². The van der Waals surface area contributed by atoms with Crippen LogP contribution >= 0.6 is 11.3 Å². The quantitative estimate of drug-likeness (QED) is 0.560. The van der Waals surface area contributed by atoms with Crippen molar-refractivity contribution in [3.05, 3.63) is 46.4 Å². The number of piperazine rings is 1. The number of fused-ring (bicyclic) bond motifs is 3. The molecule has 3 aromatic rings. The maximum atomic E-state index is 12.9. The van der Waals surface area contributed by atoms with Crippen LogP contribution in [0, 0.1) is 11.3 Å². The lowest BCUT2D eigenvalue weighted by atomic mass is 9.72. The lowest BCUT2D eigenvalue weighted by molar-refractivity contribution is 0.0746. The molecule has 0 bridgehead atoms. The highest BCUT2D eigenvalue weighted by Gasteiger charge is 2.33. The number of aryl methyl sites for hydroxylation is 2. The molecule has 1 atom stereocenters. The van der Waals surface area contributed by atoms with Gasteiger partial charge in [0.1, 0.15) is 16.5 Å². The van der Waals surface area contributed by atoms with Gasteiger partial charge in [0.25, 0.3) is 5.91 Å². The predicted octanol–water partition coefficient (Wildman–Crippen LogP) is 4.76. The Labute approximate surface area is 200 Å². The fraction of sp³-hybridized carbons (Fsp3) is 0.538. The van der Waals surface area contributed by atoms with E-state index in [1.54, 1.807) is 12.4 Å². The van der Waals surface area contributed by atoms with Gasteiger partial charge in [0.15, 0.2) is 0 Å². The summed E-state index contributed by atoms with van der Waals surface area (Å²) in [5.74, 6) is 2.77. The van der Waals surface area contributed by atoms with Crippen LogP contribution in [0.4, 0.5) is 5.82 Å². The van der Waals surface area contributed by atoms with Gasteiger partial charge in [0.05, 0.1) is 10.9 Å². The Morgan fingerprint density at radius 2 is 1.97 bits per heavy atom. The zero-order chi connectivity index (χ0) is 23.2. The first-order chi connectivity index (χ1) is 15.8. The number of nitrogens with zero attached hydrogens (tertiary/aromatic N) is 5. The molecule has 33 heavy (non-hydrogen) atoms. The number of anilines is 1. The number of thiophene rings is 1. The third kappa shape index (κ3) is 4.23. The summed E-state index contributed by atoms with van der Waals surface area (Å²) in [6.07, 6.45) is 7.66. The molecule has 1 aliphatic heterocycles. The minimum absolute atomic E-state index is 0.0611. The van der Waals surface area contributed by atoms with E-state index in [0.717, 1.165) is 48.8 Å². The number of carbonyl (C=O) groups excluding carboxylic acids is 1. The molecule has 0 radical (unpaired) electrons.